The predicted molar refractivity (Wildman–Crippen MR) is 117 cm³/mol. The molecular formula is C24H25NO5S. The molecule has 1 fully saturated rings. The lowest BCUT2D eigenvalue weighted by atomic mass is 9.89. The minimum Gasteiger partial charge on any atom is -0.490 e. The van der Waals surface area contributed by atoms with Crippen molar-refractivity contribution in [2.45, 2.75) is 43.9 Å². The fourth-order valence-corrected chi connectivity index (χ4v) is 4.73. The molecule has 0 unspecified atom stereocenters. The van der Waals surface area contributed by atoms with Crippen molar-refractivity contribution in [2.24, 2.45) is 5.92 Å². The van der Waals surface area contributed by atoms with Gasteiger partial charge in [0.1, 0.15) is 11.0 Å². The van der Waals surface area contributed by atoms with Gasteiger partial charge in [-0.1, -0.05) is 43.5 Å². The quantitative estimate of drug-likeness (QED) is 0.346. The molecule has 1 saturated carbocycles. The van der Waals surface area contributed by atoms with Gasteiger partial charge in [0, 0.05) is 0 Å². The third kappa shape index (κ3) is 5.53. The van der Waals surface area contributed by atoms with Gasteiger partial charge in [0.25, 0.3) is 0 Å². The molecule has 0 N–H and O–H groups in total. The summed E-state index contributed by atoms with van der Waals surface area (Å²) in [4.78, 5) is 12.2. The number of benzene rings is 2. The van der Waals surface area contributed by atoms with Crippen molar-refractivity contribution in [1.29, 1.82) is 5.26 Å². The zero-order valence-electron chi connectivity index (χ0n) is 17.4. The van der Waals surface area contributed by atoms with E-state index >= 15 is 0 Å². The van der Waals surface area contributed by atoms with E-state index in [1.807, 2.05) is 0 Å². The molecule has 3 rings (SSSR count). The van der Waals surface area contributed by atoms with Crippen LogP contribution in [0.25, 0.3) is 6.08 Å². The Bertz CT molecular complexity index is 1090. The molecule has 162 valence electrons. The summed E-state index contributed by atoms with van der Waals surface area (Å²) in [6.45, 7) is 2.14. The Balaban J connectivity index is 1.89. The van der Waals surface area contributed by atoms with E-state index in [2.05, 4.69) is 0 Å². The third-order valence-electron chi connectivity index (χ3n) is 5.17. The molecule has 2 aromatic rings. The maximum atomic E-state index is 12.8. The Hall–Kier alpha value is -3.11. The van der Waals surface area contributed by atoms with Crippen LogP contribution < -0.4 is 9.47 Å². The highest BCUT2D eigenvalue weighted by molar-refractivity contribution is 7.95. The lowest BCUT2D eigenvalue weighted by molar-refractivity contribution is -0.140. The fourth-order valence-electron chi connectivity index (χ4n) is 3.54. The molecule has 0 amide bonds. The first-order valence-corrected chi connectivity index (χ1v) is 11.8. The third-order valence-corrected chi connectivity index (χ3v) is 6.85. The smallest absolute Gasteiger partial charge is 0.314 e. The molecule has 0 heterocycles. The summed E-state index contributed by atoms with van der Waals surface area (Å²) in [5, 5.41) is 9.48. The Morgan fingerprint density at radius 1 is 1.10 bits per heavy atom. The van der Waals surface area contributed by atoms with E-state index in [1.54, 1.807) is 49.4 Å². The second-order valence-corrected chi connectivity index (χ2v) is 9.25. The lowest BCUT2D eigenvalue weighted by Crippen LogP contribution is -2.23. The summed E-state index contributed by atoms with van der Waals surface area (Å²) in [6, 6.07) is 14.3. The van der Waals surface area contributed by atoms with Crippen LogP contribution in [0.4, 0.5) is 0 Å². The number of carbonyl (C=O) groups excluding carboxylic acids is 1. The van der Waals surface area contributed by atoms with Gasteiger partial charge in [-0.05, 0) is 55.7 Å². The molecule has 6 nitrogen and oxygen atoms in total. The van der Waals surface area contributed by atoms with Crippen LogP contribution in [0.15, 0.2) is 58.3 Å². The first-order valence-electron chi connectivity index (χ1n) is 10.4. The van der Waals surface area contributed by atoms with Crippen molar-refractivity contribution in [1.82, 2.24) is 0 Å². The summed E-state index contributed by atoms with van der Waals surface area (Å²) in [6.07, 6.45) is 6.13. The molecule has 2 aromatic carbocycles. The van der Waals surface area contributed by atoms with Gasteiger partial charge in [-0.25, -0.2) is 8.42 Å². The van der Waals surface area contributed by atoms with E-state index in [0.29, 0.717) is 23.7 Å². The average Bonchev–Trinajstić information content (AvgIpc) is 2.80. The van der Waals surface area contributed by atoms with Crippen molar-refractivity contribution >= 4 is 21.9 Å². The van der Waals surface area contributed by atoms with Crippen LogP contribution in [0.3, 0.4) is 0 Å². The molecule has 0 aromatic heterocycles. The highest BCUT2D eigenvalue weighted by Gasteiger charge is 2.24. The molecule has 0 bridgehead atoms. The zero-order chi connectivity index (χ0) is 22.3. The Morgan fingerprint density at radius 3 is 2.45 bits per heavy atom. The lowest BCUT2D eigenvalue weighted by Gasteiger charge is -2.20. The van der Waals surface area contributed by atoms with Crippen LogP contribution >= 0.6 is 0 Å². The summed E-state index contributed by atoms with van der Waals surface area (Å²) < 4.78 is 36.8. The molecule has 0 aliphatic heterocycles. The van der Waals surface area contributed by atoms with Gasteiger partial charge in [0.2, 0.25) is 9.84 Å². The Morgan fingerprint density at radius 2 is 1.81 bits per heavy atom. The second kappa shape index (κ2) is 10.3. The van der Waals surface area contributed by atoms with Crippen LogP contribution in [-0.2, 0) is 14.6 Å². The number of ether oxygens (including phenoxy) is 2. The van der Waals surface area contributed by atoms with Gasteiger partial charge < -0.3 is 9.47 Å². The van der Waals surface area contributed by atoms with Crippen molar-refractivity contribution in [3.05, 3.63) is 59.0 Å². The van der Waals surface area contributed by atoms with Crippen molar-refractivity contribution in [2.75, 3.05) is 6.61 Å². The average molecular weight is 440 g/mol. The molecule has 31 heavy (non-hydrogen) atoms. The van der Waals surface area contributed by atoms with Gasteiger partial charge >= 0.3 is 5.97 Å². The van der Waals surface area contributed by atoms with Crippen LogP contribution in [0.2, 0.25) is 0 Å². The van der Waals surface area contributed by atoms with Gasteiger partial charge in [-0.3, -0.25) is 4.79 Å². The number of esters is 1. The predicted octanol–water partition coefficient (Wildman–Crippen LogP) is 4.91. The largest absolute Gasteiger partial charge is 0.490 e. The monoisotopic (exact) mass is 439 g/mol. The molecule has 1 aliphatic carbocycles. The number of allylic oxidation sites excluding steroid dienone is 1. The van der Waals surface area contributed by atoms with Crippen molar-refractivity contribution in [3.8, 4) is 17.6 Å². The van der Waals surface area contributed by atoms with E-state index < -0.39 is 9.84 Å². The van der Waals surface area contributed by atoms with Gasteiger partial charge in [-0.2, -0.15) is 5.26 Å². The SMILES string of the molecule is CCOc1cc(/C=C(/C#N)S(=O)(=O)c2ccccc2)ccc1OC(=O)C1CCCCC1. The highest BCUT2D eigenvalue weighted by Crippen LogP contribution is 2.33. The minimum atomic E-state index is -3.94. The molecular weight excluding hydrogens is 414 g/mol. The number of hydrogen-bond acceptors (Lipinski definition) is 6. The summed E-state index contributed by atoms with van der Waals surface area (Å²) >= 11 is 0. The standard InChI is InChI=1S/C24H25NO5S/c1-2-29-23-16-18(13-14-22(23)30-24(26)19-9-5-3-6-10-19)15-21(17-25)31(27,28)20-11-7-4-8-12-20/h4,7-8,11-16,19H,2-3,5-6,9-10H2,1H3/b21-15-. The number of rotatable bonds is 7. The molecule has 0 radical (unpaired) electrons. The fraction of sp³-hybridized carbons (Fsp3) is 0.333. The Kier molecular flexibility index (Phi) is 7.48. The highest BCUT2D eigenvalue weighted by atomic mass is 32.2. The topological polar surface area (TPSA) is 93.5 Å². The van der Waals surface area contributed by atoms with Crippen LogP contribution in [0.5, 0.6) is 11.5 Å². The maximum Gasteiger partial charge on any atom is 0.314 e. The van der Waals surface area contributed by atoms with E-state index in [-0.39, 0.29) is 21.7 Å². The van der Waals surface area contributed by atoms with Crippen LogP contribution in [0.1, 0.15) is 44.6 Å². The summed E-state index contributed by atoms with van der Waals surface area (Å²) in [5.74, 6) is 0.242. The number of nitriles is 1. The second-order valence-electron chi connectivity index (χ2n) is 7.33. The number of nitrogens with zero attached hydrogens (tertiary/aromatic N) is 1. The first-order chi connectivity index (χ1) is 15.0. The van der Waals surface area contributed by atoms with E-state index in [0.717, 1.165) is 32.1 Å². The number of sulfone groups is 1. The van der Waals surface area contributed by atoms with E-state index in [9.17, 15) is 18.5 Å². The van der Waals surface area contributed by atoms with E-state index in [4.69, 9.17) is 9.47 Å². The number of hydrogen-bond donors (Lipinski definition) is 0. The van der Waals surface area contributed by atoms with Crippen molar-refractivity contribution in [3.63, 3.8) is 0 Å². The Labute approximate surface area is 183 Å². The van der Waals surface area contributed by atoms with E-state index in [1.165, 1.54) is 18.2 Å². The van der Waals surface area contributed by atoms with Gasteiger partial charge in [-0.15, -0.1) is 0 Å². The van der Waals surface area contributed by atoms with Crippen LogP contribution in [0, 0.1) is 17.2 Å². The van der Waals surface area contributed by atoms with Gasteiger partial charge in [0.05, 0.1) is 17.4 Å². The number of carbonyl (C=O) groups is 1. The molecule has 0 spiro atoms. The molecule has 0 atom stereocenters. The van der Waals surface area contributed by atoms with Crippen LogP contribution in [-0.4, -0.2) is 21.0 Å². The molecule has 7 heteroatoms. The minimum absolute atomic E-state index is 0.0471. The molecule has 1 aliphatic rings. The normalized spacial score (nSPS) is 15.2. The van der Waals surface area contributed by atoms with Gasteiger partial charge in [0.15, 0.2) is 11.5 Å². The zero-order valence-corrected chi connectivity index (χ0v) is 18.2. The first kappa shape index (κ1) is 22.6. The summed E-state index contributed by atoms with van der Waals surface area (Å²) in [7, 11) is -3.94. The molecule has 0 saturated heterocycles. The summed E-state index contributed by atoms with van der Waals surface area (Å²) in [5.41, 5.74) is 0.456. The maximum absolute atomic E-state index is 12.8. The van der Waals surface area contributed by atoms with Crippen molar-refractivity contribution < 1.29 is 22.7 Å².